The predicted molar refractivity (Wildman–Crippen MR) is 144 cm³/mol. The zero-order valence-electron chi connectivity index (χ0n) is 21.5. The third-order valence-electron chi connectivity index (χ3n) is 6.29. The van der Waals surface area contributed by atoms with Crippen molar-refractivity contribution < 1.29 is 23.5 Å². The molecule has 2 heterocycles. The molecule has 0 saturated heterocycles. The maximum atomic E-state index is 13.8. The van der Waals surface area contributed by atoms with E-state index in [2.05, 4.69) is 15.6 Å². The van der Waals surface area contributed by atoms with Crippen molar-refractivity contribution in [3.63, 3.8) is 0 Å². The first kappa shape index (κ1) is 26.6. The lowest BCUT2D eigenvalue weighted by molar-refractivity contribution is -0.139. The molecule has 0 saturated carbocycles. The maximum absolute atomic E-state index is 13.8. The molecular formula is C30H30FN3O4. The van der Waals surface area contributed by atoms with Gasteiger partial charge in [0.25, 0.3) is 5.91 Å². The van der Waals surface area contributed by atoms with E-state index in [1.165, 1.54) is 12.1 Å². The zero-order chi connectivity index (χ0) is 27.2. The van der Waals surface area contributed by atoms with Crippen LogP contribution in [0.1, 0.15) is 45.3 Å². The lowest BCUT2D eigenvalue weighted by atomic mass is 9.98. The molecule has 1 unspecified atom stereocenters. The summed E-state index contributed by atoms with van der Waals surface area (Å²) in [6, 6.07) is 16.4. The second kappa shape index (κ2) is 11.7. The third kappa shape index (κ3) is 6.45. The topological polar surface area (TPSA) is 104 Å². The van der Waals surface area contributed by atoms with Gasteiger partial charge >= 0.3 is 5.97 Å². The molecule has 4 aromatic rings. The summed E-state index contributed by atoms with van der Waals surface area (Å²) >= 11 is 0. The van der Waals surface area contributed by atoms with E-state index in [9.17, 15) is 19.1 Å². The molecule has 0 aliphatic carbocycles. The molecule has 0 radical (unpaired) electrons. The van der Waals surface area contributed by atoms with Crippen molar-refractivity contribution in [3.8, 4) is 11.3 Å². The molecule has 0 fully saturated rings. The number of aromatic nitrogens is 1. The SMILES string of the molecule is CCc1cc(F)cc(C)c1C(=O)NC(Cc1ccc(-c2ccc(CNc3cc(C)ccn3)o2)cc1)C(=O)O. The van der Waals surface area contributed by atoms with Gasteiger partial charge in [0.1, 0.15) is 29.2 Å². The molecule has 2 aromatic carbocycles. The minimum absolute atomic E-state index is 0.0971. The zero-order valence-corrected chi connectivity index (χ0v) is 21.5. The van der Waals surface area contributed by atoms with Crippen molar-refractivity contribution in [2.75, 3.05) is 5.32 Å². The number of hydrogen-bond acceptors (Lipinski definition) is 5. The van der Waals surface area contributed by atoms with Crippen molar-refractivity contribution >= 4 is 17.7 Å². The smallest absolute Gasteiger partial charge is 0.326 e. The van der Waals surface area contributed by atoms with Gasteiger partial charge < -0.3 is 20.2 Å². The number of carboxylic acid groups (broad SMARTS) is 1. The highest BCUT2D eigenvalue weighted by Gasteiger charge is 2.24. The van der Waals surface area contributed by atoms with Crippen LogP contribution in [0.4, 0.5) is 10.2 Å². The van der Waals surface area contributed by atoms with E-state index in [1.54, 1.807) is 13.1 Å². The van der Waals surface area contributed by atoms with Crippen molar-refractivity contribution in [1.29, 1.82) is 0 Å². The monoisotopic (exact) mass is 515 g/mol. The number of carboxylic acids is 1. The average molecular weight is 516 g/mol. The fourth-order valence-electron chi connectivity index (χ4n) is 4.33. The van der Waals surface area contributed by atoms with Crippen molar-refractivity contribution in [2.24, 2.45) is 0 Å². The molecule has 4 rings (SSSR count). The quantitative estimate of drug-likeness (QED) is 0.250. The van der Waals surface area contributed by atoms with Gasteiger partial charge in [0, 0.05) is 23.7 Å². The van der Waals surface area contributed by atoms with Crippen LogP contribution in [-0.4, -0.2) is 28.0 Å². The molecule has 0 bridgehead atoms. The van der Waals surface area contributed by atoms with Crippen LogP contribution in [0.2, 0.25) is 0 Å². The lowest BCUT2D eigenvalue weighted by Gasteiger charge is -2.17. The number of nitrogens with one attached hydrogen (secondary N) is 2. The Morgan fingerprint density at radius 3 is 2.50 bits per heavy atom. The molecule has 1 amide bonds. The number of anilines is 1. The highest BCUT2D eigenvalue weighted by atomic mass is 19.1. The number of furan rings is 1. The van der Waals surface area contributed by atoms with E-state index in [4.69, 9.17) is 4.42 Å². The van der Waals surface area contributed by atoms with Crippen LogP contribution in [0.15, 0.2) is 71.3 Å². The first-order valence-electron chi connectivity index (χ1n) is 12.4. The minimum Gasteiger partial charge on any atom is -0.480 e. The van der Waals surface area contributed by atoms with Crippen LogP contribution in [-0.2, 0) is 24.2 Å². The summed E-state index contributed by atoms with van der Waals surface area (Å²) < 4.78 is 19.7. The molecule has 2 aromatic heterocycles. The largest absolute Gasteiger partial charge is 0.480 e. The van der Waals surface area contributed by atoms with Gasteiger partial charge in [0.2, 0.25) is 0 Å². The number of aryl methyl sites for hydroxylation is 3. The Morgan fingerprint density at radius 1 is 1.05 bits per heavy atom. The number of amides is 1. The number of carbonyl (C=O) groups excluding carboxylic acids is 1. The molecule has 8 heteroatoms. The Bertz CT molecular complexity index is 1450. The highest BCUT2D eigenvalue weighted by molar-refractivity contribution is 5.99. The second-order valence-corrected chi connectivity index (χ2v) is 9.21. The number of nitrogens with zero attached hydrogens (tertiary/aromatic N) is 1. The summed E-state index contributed by atoms with van der Waals surface area (Å²) in [7, 11) is 0. The molecule has 0 aliphatic heterocycles. The Morgan fingerprint density at radius 2 is 1.82 bits per heavy atom. The Labute approximate surface area is 220 Å². The molecular weight excluding hydrogens is 485 g/mol. The predicted octanol–water partition coefficient (Wildman–Crippen LogP) is 5.70. The fourth-order valence-corrected chi connectivity index (χ4v) is 4.33. The first-order valence-corrected chi connectivity index (χ1v) is 12.4. The van der Waals surface area contributed by atoms with Crippen LogP contribution in [0.5, 0.6) is 0 Å². The third-order valence-corrected chi connectivity index (χ3v) is 6.29. The number of hydrogen-bond donors (Lipinski definition) is 3. The van der Waals surface area contributed by atoms with Gasteiger partial charge in [-0.15, -0.1) is 0 Å². The summed E-state index contributed by atoms with van der Waals surface area (Å²) in [5.74, 6) is 0.116. The van der Waals surface area contributed by atoms with Gasteiger partial charge in [-0.1, -0.05) is 31.2 Å². The minimum atomic E-state index is -1.15. The molecule has 0 aliphatic rings. The second-order valence-electron chi connectivity index (χ2n) is 9.21. The van der Waals surface area contributed by atoms with Crippen LogP contribution in [0.3, 0.4) is 0 Å². The first-order chi connectivity index (χ1) is 18.2. The summed E-state index contributed by atoms with van der Waals surface area (Å²) in [4.78, 5) is 29.2. The number of carbonyl (C=O) groups is 2. The Kier molecular flexibility index (Phi) is 8.21. The molecule has 1 atom stereocenters. The van der Waals surface area contributed by atoms with Gasteiger partial charge in [-0.3, -0.25) is 4.79 Å². The fraction of sp³-hybridized carbons (Fsp3) is 0.233. The van der Waals surface area contributed by atoms with Gasteiger partial charge in [-0.25, -0.2) is 14.2 Å². The summed E-state index contributed by atoms with van der Waals surface area (Å²) in [6.45, 7) is 5.95. The van der Waals surface area contributed by atoms with Crippen molar-refractivity contribution in [3.05, 3.63) is 106 Å². The summed E-state index contributed by atoms with van der Waals surface area (Å²) in [5.41, 5.74) is 4.03. The van der Waals surface area contributed by atoms with Crippen molar-refractivity contribution in [2.45, 2.75) is 46.2 Å². The van der Waals surface area contributed by atoms with Gasteiger partial charge in [0.05, 0.1) is 6.54 Å². The number of aliphatic carboxylic acids is 1. The molecule has 38 heavy (non-hydrogen) atoms. The number of rotatable bonds is 10. The number of halogens is 1. The molecule has 3 N–H and O–H groups in total. The molecule has 7 nitrogen and oxygen atoms in total. The molecule has 0 spiro atoms. The van der Waals surface area contributed by atoms with Crippen LogP contribution in [0, 0.1) is 19.7 Å². The van der Waals surface area contributed by atoms with Gasteiger partial charge in [-0.2, -0.15) is 0 Å². The van der Waals surface area contributed by atoms with Gasteiger partial charge in [-0.05, 0) is 78.9 Å². The van der Waals surface area contributed by atoms with Crippen LogP contribution < -0.4 is 10.6 Å². The summed E-state index contributed by atoms with van der Waals surface area (Å²) in [6.07, 6.45) is 2.30. The van der Waals surface area contributed by atoms with Crippen molar-refractivity contribution in [1.82, 2.24) is 10.3 Å². The van der Waals surface area contributed by atoms with E-state index < -0.39 is 23.7 Å². The molecule has 196 valence electrons. The number of pyridine rings is 1. The lowest BCUT2D eigenvalue weighted by Crippen LogP contribution is -2.42. The standard InChI is InChI=1S/C30H30FN3O4/c1-4-21-16-23(31)14-19(3)28(21)29(35)34-25(30(36)37)15-20-5-7-22(8-6-20)26-10-9-24(38-26)17-33-27-13-18(2)11-12-32-27/h5-14,16,25H,4,15,17H2,1-3H3,(H,32,33)(H,34,35)(H,36,37). The Balaban J connectivity index is 1.41. The van der Waals surface area contributed by atoms with E-state index in [0.29, 0.717) is 35.4 Å². The van der Waals surface area contributed by atoms with E-state index in [1.807, 2.05) is 62.4 Å². The average Bonchev–Trinajstić information content (AvgIpc) is 3.36. The normalized spacial score (nSPS) is 11.7. The maximum Gasteiger partial charge on any atom is 0.326 e. The van der Waals surface area contributed by atoms with E-state index in [0.717, 1.165) is 28.3 Å². The van der Waals surface area contributed by atoms with E-state index in [-0.39, 0.29) is 6.42 Å². The van der Waals surface area contributed by atoms with Crippen LogP contribution >= 0.6 is 0 Å². The highest BCUT2D eigenvalue weighted by Crippen LogP contribution is 2.24. The van der Waals surface area contributed by atoms with Crippen LogP contribution in [0.25, 0.3) is 11.3 Å². The number of benzene rings is 2. The summed E-state index contributed by atoms with van der Waals surface area (Å²) in [5, 5.41) is 15.6. The van der Waals surface area contributed by atoms with Gasteiger partial charge in [0.15, 0.2) is 0 Å². The Hall–Kier alpha value is -4.46. The van der Waals surface area contributed by atoms with E-state index >= 15 is 0 Å².